The summed E-state index contributed by atoms with van der Waals surface area (Å²) in [5.74, 6) is -0.358. The predicted octanol–water partition coefficient (Wildman–Crippen LogP) is 4.66. The molecule has 122 valence electrons. The molecule has 0 saturated carbocycles. The molecule has 0 atom stereocenters. The lowest BCUT2D eigenvalue weighted by Crippen LogP contribution is -2.20. The van der Waals surface area contributed by atoms with E-state index in [4.69, 9.17) is 17.0 Å². The number of halogens is 4. The van der Waals surface area contributed by atoms with Crippen LogP contribution < -0.4 is 15.4 Å². The van der Waals surface area contributed by atoms with Crippen LogP contribution in [0.1, 0.15) is 5.56 Å². The largest absolute Gasteiger partial charge is 0.495 e. The molecule has 0 saturated heterocycles. The van der Waals surface area contributed by atoms with Gasteiger partial charge in [0, 0.05) is 0 Å². The van der Waals surface area contributed by atoms with Gasteiger partial charge in [-0.05, 0) is 42.5 Å². The standard InChI is InChI=1S/C15H12F4N2OS/c1-22-13-5-3-2-4-11(13)20-14(23)21-12-8-9(15(17,18)19)6-7-10(12)16/h2-8H,1H3,(H2,20,21,23). The van der Waals surface area contributed by atoms with Gasteiger partial charge in [-0.15, -0.1) is 0 Å². The van der Waals surface area contributed by atoms with Gasteiger partial charge in [-0.25, -0.2) is 4.39 Å². The van der Waals surface area contributed by atoms with Crippen LogP contribution in [-0.2, 0) is 6.18 Å². The first kappa shape index (κ1) is 17.0. The van der Waals surface area contributed by atoms with Crippen LogP contribution in [0, 0.1) is 5.82 Å². The SMILES string of the molecule is COc1ccccc1NC(=S)Nc1cc(C(F)(F)F)ccc1F. The summed E-state index contributed by atoms with van der Waals surface area (Å²) in [5.41, 5.74) is -0.839. The number of hydrogen-bond donors (Lipinski definition) is 2. The van der Waals surface area contributed by atoms with E-state index in [0.717, 1.165) is 6.07 Å². The number of rotatable bonds is 3. The normalized spacial score (nSPS) is 11.0. The van der Waals surface area contributed by atoms with E-state index in [9.17, 15) is 17.6 Å². The maximum Gasteiger partial charge on any atom is 0.416 e. The molecule has 0 aliphatic heterocycles. The molecule has 0 radical (unpaired) electrons. The summed E-state index contributed by atoms with van der Waals surface area (Å²) in [7, 11) is 1.46. The summed E-state index contributed by atoms with van der Waals surface area (Å²) in [4.78, 5) is 0. The molecule has 2 aromatic carbocycles. The summed E-state index contributed by atoms with van der Waals surface area (Å²) in [6, 6.07) is 8.86. The van der Waals surface area contributed by atoms with Crippen LogP contribution in [-0.4, -0.2) is 12.2 Å². The minimum Gasteiger partial charge on any atom is -0.495 e. The molecule has 23 heavy (non-hydrogen) atoms. The van der Waals surface area contributed by atoms with Crippen molar-refractivity contribution in [3.8, 4) is 5.75 Å². The van der Waals surface area contributed by atoms with Gasteiger partial charge in [0.15, 0.2) is 5.11 Å². The molecule has 0 unspecified atom stereocenters. The molecule has 2 rings (SSSR count). The van der Waals surface area contributed by atoms with Gasteiger partial charge in [0.1, 0.15) is 11.6 Å². The second-order valence-electron chi connectivity index (χ2n) is 4.47. The van der Waals surface area contributed by atoms with Crippen molar-refractivity contribution < 1.29 is 22.3 Å². The van der Waals surface area contributed by atoms with Gasteiger partial charge in [0.2, 0.25) is 0 Å². The fourth-order valence-corrected chi connectivity index (χ4v) is 2.04. The van der Waals surface area contributed by atoms with E-state index < -0.39 is 17.6 Å². The predicted molar refractivity (Wildman–Crippen MR) is 84.2 cm³/mol. The Morgan fingerprint density at radius 2 is 1.70 bits per heavy atom. The molecule has 0 amide bonds. The first-order valence-electron chi connectivity index (χ1n) is 6.39. The Labute approximate surface area is 135 Å². The average molecular weight is 344 g/mol. The van der Waals surface area contributed by atoms with Crippen molar-refractivity contribution >= 4 is 28.7 Å². The maximum absolute atomic E-state index is 13.7. The molecule has 0 aromatic heterocycles. The zero-order chi connectivity index (χ0) is 17.0. The van der Waals surface area contributed by atoms with Gasteiger partial charge < -0.3 is 15.4 Å². The molecule has 3 nitrogen and oxygen atoms in total. The van der Waals surface area contributed by atoms with Crippen molar-refractivity contribution in [1.29, 1.82) is 0 Å². The Morgan fingerprint density at radius 3 is 2.35 bits per heavy atom. The monoisotopic (exact) mass is 344 g/mol. The van der Waals surface area contributed by atoms with E-state index in [-0.39, 0.29) is 10.8 Å². The Morgan fingerprint density at radius 1 is 1.04 bits per heavy atom. The number of alkyl halides is 3. The van der Waals surface area contributed by atoms with Crippen molar-refractivity contribution in [2.24, 2.45) is 0 Å². The van der Waals surface area contributed by atoms with Crippen molar-refractivity contribution in [2.45, 2.75) is 6.18 Å². The highest BCUT2D eigenvalue weighted by Gasteiger charge is 2.31. The summed E-state index contributed by atoms with van der Waals surface area (Å²) in [6.07, 6.45) is -4.57. The number of thiocarbonyl (C=S) groups is 1. The van der Waals surface area contributed by atoms with Crippen LogP contribution in [0.3, 0.4) is 0 Å². The van der Waals surface area contributed by atoms with E-state index in [0.29, 0.717) is 23.6 Å². The van der Waals surface area contributed by atoms with E-state index in [1.54, 1.807) is 24.3 Å². The second-order valence-corrected chi connectivity index (χ2v) is 4.88. The number of para-hydroxylation sites is 2. The van der Waals surface area contributed by atoms with Crippen LogP contribution in [0.15, 0.2) is 42.5 Å². The van der Waals surface area contributed by atoms with E-state index in [1.807, 2.05) is 0 Å². The first-order valence-corrected chi connectivity index (χ1v) is 6.80. The quantitative estimate of drug-likeness (QED) is 0.627. The molecule has 0 spiro atoms. The van der Waals surface area contributed by atoms with Crippen LogP contribution in [0.4, 0.5) is 28.9 Å². The molecule has 0 aliphatic rings. The lowest BCUT2D eigenvalue weighted by atomic mass is 10.2. The molecular weight excluding hydrogens is 332 g/mol. The third kappa shape index (κ3) is 4.32. The molecule has 0 bridgehead atoms. The minimum absolute atomic E-state index is 0.0623. The minimum atomic E-state index is -4.57. The fraction of sp³-hybridized carbons (Fsp3) is 0.133. The maximum atomic E-state index is 13.7. The van der Waals surface area contributed by atoms with Crippen LogP contribution >= 0.6 is 12.2 Å². The van der Waals surface area contributed by atoms with Crippen molar-refractivity contribution in [2.75, 3.05) is 17.7 Å². The lowest BCUT2D eigenvalue weighted by molar-refractivity contribution is -0.137. The summed E-state index contributed by atoms with van der Waals surface area (Å²) in [6.45, 7) is 0. The van der Waals surface area contributed by atoms with Crippen LogP contribution in [0.25, 0.3) is 0 Å². The number of anilines is 2. The topological polar surface area (TPSA) is 33.3 Å². The van der Waals surface area contributed by atoms with Gasteiger partial charge in [-0.2, -0.15) is 13.2 Å². The summed E-state index contributed by atoms with van der Waals surface area (Å²) in [5, 5.41) is 5.09. The highest BCUT2D eigenvalue weighted by molar-refractivity contribution is 7.80. The molecule has 0 aliphatic carbocycles. The Hall–Kier alpha value is -2.35. The smallest absolute Gasteiger partial charge is 0.416 e. The zero-order valence-corrected chi connectivity index (χ0v) is 12.7. The highest BCUT2D eigenvalue weighted by Crippen LogP contribution is 2.32. The van der Waals surface area contributed by atoms with Gasteiger partial charge in [-0.1, -0.05) is 12.1 Å². The van der Waals surface area contributed by atoms with Crippen molar-refractivity contribution in [3.63, 3.8) is 0 Å². The number of benzene rings is 2. The number of methoxy groups -OCH3 is 1. The first-order chi connectivity index (χ1) is 10.8. The summed E-state index contributed by atoms with van der Waals surface area (Å²) < 4.78 is 56.8. The highest BCUT2D eigenvalue weighted by atomic mass is 32.1. The average Bonchev–Trinajstić information content (AvgIpc) is 2.49. The fourth-order valence-electron chi connectivity index (χ4n) is 1.82. The number of nitrogens with one attached hydrogen (secondary N) is 2. The number of hydrogen-bond acceptors (Lipinski definition) is 2. The third-order valence-electron chi connectivity index (χ3n) is 2.90. The third-order valence-corrected chi connectivity index (χ3v) is 3.10. The second kappa shape index (κ2) is 6.82. The molecule has 0 heterocycles. The van der Waals surface area contributed by atoms with E-state index >= 15 is 0 Å². The van der Waals surface area contributed by atoms with Gasteiger partial charge in [-0.3, -0.25) is 0 Å². The van der Waals surface area contributed by atoms with Crippen molar-refractivity contribution in [3.05, 3.63) is 53.8 Å². The van der Waals surface area contributed by atoms with Gasteiger partial charge in [0.25, 0.3) is 0 Å². The van der Waals surface area contributed by atoms with Crippen LogP contribution in [0.5, 0.6) is 5.75 Å². The Balaban J connectivity index is 2.17. The van der Waals surface area contributed by atoms with E-state index in [2.05, 4.69) is 10.6 Å². The lowest BCUT2D eigenvalue weighted by Gasteiger charge is -2.15. The molecule has 2 N–H and O–H groups in total. The molecule has 2 aromatic rings. The molecule has 0 fully saturated rings. The number of ether oxygens (including phenoxy) is 1. The summed E-state index contributed by atoms with van der Waals surface area (Å²) >= 11 is 5.00. The van der Waals surface area contributed by atoms with Crippen LogP contribution in [0.2, 0.25) is 0 Å². The Kier molecular flexibility index (Phi) is 5.05. The van der Waals surface area contributed by atoms with Gasteiger partial charge in [0.05, 0.1) is 24.0 Å². The molecular formula is C15H12F4N2OS. The van der Waals surface area contributed by atoms with Gasteiger partial charge >= 0.3 is 6.18 Å². The Bertz CT molecular complexity index is 719. The van der Waals surface area contributed by atoms with E-state index in [1.165, 1.54) is 7.11 Å². The van der Waals surface area contributed by atoms with Crippen molar-refractivity contribution in [1.82, 2.24) is 0 Å². The zero-order valence-electron chi connectivity index (χ0n) is 11.9. The molecule has 8 heteroatoms.